The third kappa shape index (κ3) is 6.94. The van der Waals surface area contributed by atoms with Crippen LogP contribution in [0.1, 0.15) is 0 Å². The van der Waals surface area contributed by atoms with Crippen LogP contribution in [0.15, 0.2) is 98.9 Å². The molecule has 0 bridgehead atoms. The van der Waals surface area contributed by atoms with Crippen LogP contribution in [0.4, 0.5) is 27.5 Å². The zero-order valence-corrected chi connectivity index (χ0v) is 22.4. The van der Waals surface area contributed by atoms with Gasteiger partial charge in [0.25, 0.3) is 20.2 Å². The van der Waals surface area contributed by atoms with Crippen molar-refractivity contribution in [1.82, 2.24) is 0 Å². The molecule has 0 saturated heterocycles. The van der Waals surface area contributed by atoms with Crippen molar-refractivity contribution in [2.75, 3.05) is 10.6 Å². The highest BCUT2D eigenvalue weighted by atomic mass is 32.2. The molecule has 0 spiro atoms. The fraction of sp³-hybridized carbons (Fsp3) is 0. The smallest absolute Gasteiger partial charge is 0.321 e. The van der Waals surface area contributed by atoms with E-state index in [2.05, 4.69) is 20.9 Å². The van der Waals surface area contributed by atoms with Crippen LogP contribution in [-0.4, -0.2) is 41.8 Å². The lowest BCUT2D eigenvalue weighted by Crippen LogP contribution is -2.20. The number of nitrogens with one attached hydrogen (secondary N) is 2. The Balaban J connectivity index is 1.55. The molecular weight excluding hydrogens is 587 g/mol. The summed E-state index contributed by atoms with van der Waals surface area (Å²) < 4.78 is 78.0. The van der Waals surface area contributed by atoms with Crippen molar-refractivity contribution >= 4 is 72.7 Å². The molecule has 17 heteroatoms. The molecule has 0 saturated carbocycles. The molecule has 0 aliphatic carbocycles. The van der Waals surface area contributed by atoms with E-state index in [1.807, 2.05) is 0 Å². The van der Waals surface area contributed by atoms with E-state index in [-0.39, 0.29) is 33.1 Å². The molecule has 4 rings (SSSR count). The van der Waals surface area contributed by atoms with Gasteiger partial charge in [0.2, 0.25) is 0 Å². The summed E-state index contributed by atoms with van der Waals surface area (Å²) in [6.07, 6.45) is 0. The van der Waals surface area contributed by atoms with Gasteiger partial charge >= 0.3 is 13.6 Å². The van der Waals surface area contributed by atoms with Crippen LogP contribution < -0.4 is 15.9 Å². The van der Waals surface area contributed by atoms with Crippen LogP contribution >= 0.6 is 7.60 Å². The quantitative estimate of drug-likeness (QED) is 0.0997. The van der Waals surface area contributed by atoms with Gasteiger partial charge in [-0.15, -0.1) is 0 Å². The van der Waals surface area contributed by atoms with Gasteiger partial charge in [-0.05, 0) is 60.7 Å². The number of rotatable bonds is 7. The summed E-state index contributed by atoms with van der Waals surface area (Å²) in [6, 6.07) is 16.0. The highest BCUT2D eigenvalue weighted by molar-refractivity contribution is 7.86. The summed E-state index contributed by atoms with van der Waals surface area (Å²) in [5, 5.41) is 12.2. The number of fused-ring (bicyclic) bond motifs is 1. The van der Waals surface area contributed by atoms with Crippen molar-refractivity contribution in [1.29, 1.82) is 0 Å². The number of amides is 2. The number of nitrogens with zero attached hydrogens (tertiary/aromatic N) is 2. The Morgan fingerprint density at radius 1 is 0.675 bits per heavy atom. The van der Waals surface area contributed by atoms with E-state index in [4.69, 9.17) is 0 Å². The van der Waals surface area contributed by atoms with Crippen LogP contribution in [-0.2, 0) is 24.8 Å². The van der Waals surface area contributed by atoms with Gasteiger partial charge in [-0.1, -0.05) is 18.2 Å². The van der Waals surface area contributed by atoms with Gasteiger partial charge in [0.15, 0.2) is 0 Å². The molecule has 0 fully saturated rings. The second-order valence-corrected chi connectivity index (χ2v) is 12.6. The van der Waals surface area contributed by atoms with Crippen molar-refractivity contribution in [3.05, 3.63) is 78.9 Å². The van der Waals surface area contributed by atoms with Crippen LogP contribution in [0, 0.1) is 0 Å². The fourth-order valence-corrected chi connectivity index (χ4v) is 5.60. The summed E-state index contributed by atoms with van der Waals surface area (Å²) in [6.45, 7) is 0. The zero-order valence-electron chi connectivity index (χ0n) is 19.9. The van der Waals surface area contributed by atoms with E-state index in [0.717, 1.165) is 18.2 Å². The van der Waals surface area contributed by atoms with Crippen molar-refractivity contribution in [3.8, 4) is 0 Å². The van der Waals surface area contributed by atoms with Crippen molar-refractivity contribution in [3.63, 3.8) is 0 Å². The second-order valence-electron chi connectivity index (χ2n) is 8.17. The predicted octanol–water partition coefficient (Wildman–Crippen LogP) is 4.20. The minimum Gasteiger partial charge on any atom is -0.321 e. The maximum atomic E-state index is 12.3. The Bertz CT molecular complexity index is 1920. The van der Waals surface area contributed by atoms with Crippen LogP contribution in [0.3, 0.4) is 0 Å². The first kappa shape index (κ1) is 29.0. The van der Waals surface area contributed by atoms with Crippen LogP contribution in [0.2, 0.25) is 0 Å². The Kier molecular flexibility index (Phi) is 7.87. The summed E-state index contributed by atoms with van der Waals surface area (Å²) >= 11 is 0. The average molecular weight is 607 g/mol. The SMILES string of the molecule is O=C(Nc1ccc(N=Nc2cc(S(=O)(=O)O)c3cccc(S(=O)(=O)O)c3c2)cc1)Nc1cccc(P(=O)(O)O)c1. The minimum atomic E-state index is -4.81. The zero-order chi connectivity index (χ0) is 29.3. The molecule has 0 aliphatic heterocycles. The molecule has 208 valence electrons. The van der Waals surface area contributed by atoms with E-state index >= 15 is 0 Å². The molecule has 0 aliphatic rings. The number of hydrogen-bond acceptors (Lipinski definition) is 8. The molecule has 6 N–H and O–H groups in total. The number of hydrogen-bond donors (Lipinski definition) is 6. The van der Waals surface area contributed by atoms with Gasteiger partial charge < -0.3 is 20.4 Å². The van der Waals surface area contributed by atoms with E-state index in [0.29, 0.717) is 5.69 Å². The van der Waals surface area contributed by atoms with E-state index in [9.17, 15) is 45.1 Å². The van der Waals surface area contributed by atoms with Crippen LogP contribution in [0.5, 0.6) is 0 Å². The monoisotopic (exact) mass is 606 g/mol. The summed E-state index contributed by atoms with van der Waals surface area (Å²) in [5.74, 6) is 0. The van der Waals surface area contributed by atoms with E-state index in [1.165, 1.54) is 60.7 Å². The number of carbonyl (C=O) groups excluding carboxylic acids is 1. The Hall–Kier alpha value is -4.02. The first-order valence-electron chi connectivity index (χ1n) is 10.9. The summed E-state index contributed by atoms with van der Waals surface area (Å²) in [7, 11) is -14.0. The number of azo groups is 1. The first-order chi connectivity index (χ1) is 18.6. The van der Waals surface area contributed by atoms with Gasteiger partial charge in [0.1, 0.15) is 9.79 Å². The topological polar surface area (TPSA) is 232 Å². The molecular formula is C23H19N4O10PS2. The number of carbonyl (C=O) groups is 1. The van der Waals surface area contributed by atoms with Gasteiger partial charge in [-0.3, -0.25) is 13.7 Å². The first-order valence-corrected chi connectivity index (χ1v) is 15.4. The van der Waals surface area contributed by atoms with Crippen molar-refractivity contribution < 1.29 is 45.1 Å². The van der Waals surface area contributed by atoms with Crippen LogP contribution in [0.25, 0.3) is 10.8 Å². The molecule has 4 aromatic rings. The highest BCUT2D eigenvalue weighted by Gasteiger charge is 2.21. The van der Waals surface area contributed by atoms with Gasteiger partial charge in [0, 0.05) is 22.1 Å². The third-order valence-electron chi connectivity index (χ3n) is 5.31. The lowest BCUT2D eigenvalue weighted by Gasteiger charge is -2.10. The molecule has 4 aromatic carbocycles. The molecule has 0 atom stereocenters. The molecule has 0 heterocycles. The standard InChI is InChI=1S/C23H19N4O10PS2/c28-23(25-16-3-1-4-18(11-16)38(29,30)31)24-14-7-9-15(10-8-14)26-27-17-12-20-19(22(13-17)40(35,36)37)5-2-6-21(20)39(32,33)34/h1-13H,(H2,24,25,28)(H2,29,30,31)(H,32,33,34)(H,35,36,37). The predicted molar refractivity (Wildman–Crippen MR) is 145 cm³/mol. The van der Waals surface area contributed by atoms with E-state index < -0.39 is 43.7 Å². The molecule has 40 heavy (non-hydrogen) atoms. The second kappa shape index (κ2) is 10.9. The average Bonchev–Trinajstić information content (AvgIpc) is 2.86. The normalized spacial score (nSPS) is 12.5. The number of anilines is 2. The number of benzene rings is 4. The van der Waals surface area contributed by atoms with Crippen molar-refractivity contribution in [2.45, 2.75) is 9.79 Å². The maximum Gasteiger partial charge on any atom is 0.356 e. The lowest BCUT2D eigenvalue weighted by molar-refractivity contribution is 0.262. The molecule has 14 nitrogen and oxygen atoms in total. The van der Waals surface area contributed by atoms with Crippen molar-refractivity contribution in [2.24, 2.45) is 10.2 Å². The Morgan fingerprint density at radius 3 is 1.90 bits per heavy atom. The lowest BCUT2D eigenvalue weighted by atomic mass is 10.1. The Morgan fingerprint density at radius 2 is 1.27 bits per heavy atom. The number of urea groups is 1. The van der Waals surface area contributed by atoms with Gasteiger partial charge in [-0.2, -0.15) is 27.1 Å². The molecule has 0 radical (unpaired) electrons. The van der Waals surface area contributed by atoms with Gasteiger partial charge in [0.05, 0.1) is 16.7 Å². The molecule has 0 unspecified atom stereocenters. The largest absolute Gasteiger partial charge is 0.356 e. The van der Waals surface area contributed by atoms with E-state index in [1.54, 1.807) is 0 Å². The molecule has 0 aromatic heterocycles. The summed E-state index contributed by atoms with van der Waals surface area (Å²) in [5.41, 5.74) is 0.576. The third-order valence-corrected chi connectivity index (χ3v) is 8.06. The Labute approximate surface area is 227 Å². The fourth-order valence-electron chi connectivity index (χ4n) is 3.59. The minimum absolute atomic E-state index is 0.143. The highest BCUT2D eigenvalue weighted by Crippen LogP contribution is 2.35. The molecule has 2 amide bonds. The summed E-state index contributed by atoms with van der Waals surface area (Å²) in [4.78, 5) is 29.6. The van der Waals surface area contributed by atoms with Gasteiger partial charge in [-0.25, -0.2) is 4.79 Å². The maximum absolute atomic E-state index is 12.3.